The van der Waals surface area contributed by atoms with E-state index in [1.165, 1.54) is 29.2 Å². The van der Waals surface area contributed by atoms with Gasteiger partial charge in [0.2, 0.25) is 0 Å². The van der Waals surface area contributed by atoms with Crippen LogP contribution in [0.15, 0.2) is 54.2 Å². The number of Topliss-reactive ketones (excluding diaryl/α,β-unsaturated/α-hetero) is 1. The topological polar surface area (TPSA) is 121 Å². The van der Waals surface area contributed by atoms with Crippen LogP contribution in [0.2, 0.25) is 0 Å². The minimum Gasteiger partial charge on any atom is -0.505 e. The summed E-state index contributed by atoms with van der Waals surface area (Å²) < 4.78 is 1.67. The molecular formula is C26H29N5O5. The van der Waals surface area contributed by atoms with E-state index in [0.717, 1.165) is 19.6 Å². The van der Waals surface area contributed by atoms with Crippen LogP contribution in [0.3, 0.4) is 0 Å². The van der Waals surface area contributed by atoms with Crippen molar-refractivity contribution in [2.45, 2.75) is 33.2 Å². The third-order valence-corrected chi connectivity index (χ3v) is 6.66. The Labute approximate surface area is 208 Å². The van der Waals surface area contributed by atoms with Gasteiger partial charge in [-0.25, -0.2) is 4.98 Å². The van der Waals surface area contributed by atoms with E-state index in [0.29, 0.717) is 35.6 Å². The molecule has 0 radical (unpaired) electrons. The highest BCUT2D eigenvalue weighted by Gasteiger charge is 2.46. The van der Waals surface area contributed by atoms with Crippen LogP contribution in [0.4, 0.5) is 5.69 Å². The van der Waals surface area contributed by atoms with Crippen molar-refractivity contribution < 1.29 is 19.6 Å². The molecule has 0 aliphatic carbocycles. The highest BCUT2D eigenvalue weighted by molar-refractivity contribution is 6.46. The summed E-state index contributed by atoms with van der Waals surface area (Å²) in [4.78, 5) is 45.3. The number of imidazole rings is 1. The van der Waals surface area contributed by atoms with Crippen LogP contribution in [0.1, 0.15) is 43.3 Å². The number of nitro benzene ring substituents is 1. The molecule has 10 nitrogen and oxygen atoms in total. The number of hydrogen-bond donors (Lipinski definition) is 1. The summed E-state index contributed by atoms with van der Waals surface area (Å²) >= 11 is 0. The number of ketones is 1. The molecule has 1 aliphatic rings. The van der Waals surface area contributed by atoms with Gasteiger partial charge in [0.1, 0.15) is 11.3 Å². The number of pyridine rings is 1. The van der Waals surface area contributed by atoms with Crippen LogP contribution in [0.25, 0.3) is 11.4 Å². The number of nitro groups is 1. The number of carbonyl (C=O) groups is 2. The van der Waals surface area contributed by atoms with Crippen LogP contribution in [-0.2, 0) is 9.59 Å². The van der Waals surface area contributed by atoms with Gasteiger partial charge in [0.05, 0.1) is 22.2 Å². The number of aromatic nitrogens is 2. The minimum absolute atomic E-state index is 0.0505. The van der Waals surface area contributed by atoms with Gasteiger partial charge in [-0.15, -0.1) is 0 Å². The van der Waals surface area contributed by atoms with Gasteiger partial charge in [-0.1, -0.05) is 19.9 Å². The smallest absolute Gasteiger partial charge is 0.295 e. The molecule has 36 heavy (non-hydrogen) atoms. The fraction of sp³-hybridized carbons (Fsp3) is 0.346. The number of fused-ring (bicyclic) bond motifs is 1. The van der Waals surface area contributed by atoms with Crippen LogP contribution < -0.4 is 0 Å². The number of rotatable bonds is 9. The fourth-order valence-electron chi connectivity index (χ4n) is 4.77. The molecule has 1 aromatic carbocycles. The van der Waals surface area contributed by atoms with Crippen molar-refractivity contribution in [2.24, 2.45) is 0 Å². The number of likely N-dealkylation sites (tertiary alicyclic amines) is 1. The SMILES string of the molecule is CCN(CC)CCCN1C(=O)C(=O)/C(=C(/O)c2c(C)nc3ccccn23)[C@@H]1c1ccc([N+](=O)[O-])cc1. The first kappa shape index (κ1) is 25.1. The van der Waals surface area contributed by atoms with Crippen molar-refractivity contribution in [1.29, 1.82) is 0 Å². The first-order chi connectivity index (χ1) is 17.3. The Morgan fingerprint density at radius 2 is 1.83 bits per heavy atom. The molecule has 1 saturated heterocycles. The molecule has 1 N–H and O–H groups in total. The number of hydrogen-bond acceptors (Lipinski definition) is 7. The molecule has 0 bridgehead atoms. The molecule has 1 amide bonds. The van der Waals surface area contributed by atoms with Gasteiger partial charge < -0.3 is 14.9 Å². The maximum atomic E-state index is 13.3. The lowest BCUT2D eigenvalue weighted by molar-refractivity contribution is -0.384. The first-order valence-corrected chi connectivity index (χ1v) is 12.0. The molecule has 4 rings (SSSR count). The van der Waals surface area contributed by atoms with Gasteiger partial charge in [-0.3, -0.25) is 24.1 Å². The summed E-state index contributed by atoms with van der Waals surface area (Å²) in [6.07, 6.45) is 2.36. The molecule has 1 aliphatic heterocycles. The Bertz CT molecular complexity index is 1340. The van der Waals surface area contributed by atoms with E-state index in [1.807, 2.05) is 6.07 Å². The number of aliphatic hydroxyl groups excluding tert-OH is 1. The Morgan fingerprint density at radius 3 is 2.47 bits per heavy atom. The number of aryl methyl sites for hydroxylation is 1. The number of non-ortho nitro benzene ring substituents is 1. The van der Waals surface area contributed by atoms with Gasteiger partial charge >= 0.3 is 0 Å². The van der Waals surface area contributed by atoms with Crippen LogP contribution in [0, 0.1) is 17.0 Å². The minimum atomic E-state index is -0.879. The molecule has 188 valence electrons. The zero-order valence-electron chi connectivity index (χ0n) is 20.5. The van der Waals surface area contributed by atoms with Gasteiger partial charge in [-0.05, 0) is 62.8 Å². The zero-order valence-corrected chi connectivity index (χ0v) is 20.5. The second-order valence-electron chi connectivity index (χ2n) is 8.70. The quantitative estimate of drug-likeness (QED) is 0.159. The molecule has 0 unspecified atom stereocenters. The normalized spacial score (nSPS) is 17.4. The Kier molecular flexibility index (Phi) is 7.16. The maximum Gasteiger partial charge on any atom is 0.295 e. The third-order valence-electron chi connectivity index (χ3n) is 6.66. The van der Waals surface area contributed by atoms with E-state index in [-0.39, 0.29) is 17.0 Å². The lowest BCUT2D eigenvalue weighted by Crippen LogP contribution is -2.33. The lowest BCUT2D eigenvalue weighted by atomic mass is 9.96. The summed E-state index contributed by atoms with van der Waals surface area (Å²) in [6, 6.07) is 10.2. The Morgan fingerprint density at radius 1 is 1.14 bits per heavy atom. The Hall–Kier alpha value is -4.05. The van der Waals surface area contributed by atoms with Gasteiger partial charge in [0.25, 0.3) is 17.4 Å². The lowest BCUT2D eigenvalue weighted by Gasteiger charge is -2.26. The average molecular weight is 492 g/mol. The van der Waals surface area contributed by atoms with E-state index in [1.54, 1.807) is 29.7 Å². The number of amides is 1. The van der Waals surface area contributed by atoms with E-state index < -0.39 is 22.7 Å². The fourth-order valence-corrected chi connectivity index (χ4v) is 4.77. The molecular weight excluding hydrogens is 462 g/mol. The van der Waals surface area contributed by atoms with E-state index in [2.05, 4.69) is 23.7 Å². The van der Waals surface area contributed by atoms with Crippen LogP contribution >= 0.6 is 0 Å². The molecule has 3 heterocycles. The molecule has 3 aromatic rings. The van der Waals surface area contributed by atoms with Gasteiger partial charge in [-0.2, -0.15) is 0 Å². The summed E-state index contributed by atoms with van der Waals surface area (Å²) in [6.45, 7) is 8.63. The highest BCUT2D eigenvalue weighted by Crippen LogP contribution is 2.40. The molecule has 1 atom stereocenters. The second kappa shape index (κ2) is 10.3. The Balaban J connectivity index is 1.82. The first-order valence-electron chi connectivity index (χ1n) is 12.0. The van der Waals surface area contributed by atoms with Crippen molar-refractivity contribution in [1.82, 2.24) is 19.2 Å². The largest absolute Gasteiger partial charge is 0.505 e. The van der Waals surface area contributed by atoms with Crippen LogP contribution in [-0.4, -0.2) is 67.1 Å². The van der Waals surface area contributed by atoms with Crippen molar-refractivity contribution in [3.05, 3.63) is 81.3 Å². The van der Waals surface area contributed by atoms with Crippen molar-refractivity contribution in [3.63, 3.8) is 0 Å². The van der Waals surface area contributed by atoms with Crippen LogP contribution in [0.5, 0.6) is 0 Å². The molecule has 1 fully saturated rings. The maximum absolute atomic E-state index is 13.3. The monoisotopic (exact) mass is 491 g/mol. The predicted octanol–water partition coefficient (Wildman–Crippen LogP) is 3.70. The summed E-state index contributed by atoms with van der Waals surface area (Å²) in [5.41, 5.74) is 1.79. The van der Waals surface area contributed by atoms with E-state index in [9.17, 15) is 24.8 Å². The van der Waals surface area contributed by atoms with Crippen molar-refractivity contribution in [3.8, 4) is 0 Å². The predicted molar refractivity (Wildman–Crippen MR) is 134 cm³/mol. The second-order valence-corrected chi connectivity index (χ2v) is 8.70. The molecule has 0 spiro atoms. The highest BCUT2D eigenvalue weighted by atomic mass is 16.6. The van der Waals surface area contributed by atoms with Crippen molar-refractivity contribution >= 4 is 28.8 Å². The average Bonchev–Trinajstić information content (AvgIpc) is 3.34. The zero-order chi connectivity index (χ0) is 26.0. The van der Waals surface area contributed by atoms with E-state index in [4.69, 9.17) is 0 Å². The number of nitrogens with zero attached hydrogens (tertiary/aromatic N) is 5. The van der Waals surface area contributed by atoms with Gasteiger partial charge in [0.15, 0.2) is 5.76 Å². The van der Waals surface area contributed by atoms with E-state index >= 15 is 0 Å². The standard InChI is InChI=1S/C26H29N5O5/c1-4-28(5-2)14-8-16-30-23(18-10-12-19(13-11-18)31(35)36)21(25(33)26(30)34)24(32)22-17(3)27-20-9-6-7-15-29(20)22/h6-7,9-13,15,23,32H,4-5,8,14,16H2,1-3H3/b24-21+/t23-/m0/s1. The molecule has 2 aromatic heterocycles. The summed E-state index contributed by atoms with van der Waals surface area (Å²) in [5.74, 6) is -1.81. The number of carbonyl (C=O) groups excluding carboxylic acids is 2. The third kappa shape index (κ3) is 4.47. The summed E-state index contributed by atoms with van der Waals surface area (Å²) in [5, 5.41) is 22.6. The number of aliphatic hydroxyl groups is 1. The molecule has 0 saturated carbocycles. The van der Waals surface area contributed by atoms with Crippen molar-refractivity contribution in [2.75, 3.05) is 26.2 Å². The number of benzene rings is 1. The molecule has 10 heteroatoms. The van der Waals surface area contributed by atoms with Gasteiger partial charge in [0, 0.05) is 24.9 Å². The summed E-state index contributed by atoms with van der Waals surface area (Å²) in [7, 11) is 0.